The van der Waals surface area contributed by atoms with Gasteiger partial charge < -0.3 is 14.7 Å². The van der Waals surface area contributed by atoms with Crippen molar-refractivity contribution in [1.29, 1.82) is 0 Å². The van der Waals surface area contributed by atoms with E-state index in [0.29, 0.717) is 11.5 Å². The highest BCUT2D eigenvalue weighted by Gasteiger charge is 2.07. The molecule has 0 heterocycles. The van der Waals surface area contributed by atoms with Crippen molar-refractivity contribution in [2.45, 2.75) is 6.54 Å². The monoisotopic (exact) mass is 271 g/mol. The van der Waals surface area contributed by atoms with Crippen molar-refractivity contribution in [3.05, 3.63) is 64.9 Å². The van der Waals surface area contributed by atoms with Gasteiger partial charge in [0.05, 0.1) is 25.3 Å². The summed E-state index contributed by atoms with van der Waals surface area (Å²) >= 11 is 0. The van der Waals surface area contributed by atoms with Crippen molar-refractivity contribution >= 4 is 6.21 Å². The van der Waals surface area contributed by atoms with Crippen LogP contribution in [-0.4, -0.2) is 25.2 Å². The van der Waals surface area contributed by atoms with E-state index < -0.39 is 0 Å². The Morgan fingerprint density at radius 3 is 2.25 bits per heavy atom. The Hall–Kier alpha value is -2.49. The Kier molecular flexibility index (Phi) is 4.60. The van der Waals surface area contributed by atoms with Crippen LogP contribution in [0.2, 0.25) is 0 Å². The molecule has 0 fully saturated rings. The Bertz CT molecular complexity index is 608. The van der Waals surface area contributed by atoms with Crippen molar-refractivity contribution in [3.8, 4) is 11.5 Å². The molecule has 0 bridgehead atoms. The van der Waals surface area contributed by atoms with Crippen molar-refractivity contribution < 1.29 is 14.2 Å². The minimum absolute atomic E-state index is 0.224. The van der Waals surface area contributed by atoms with Gasteiger partial charge in [0.15, 0.2) is 12.8 Å². The highest BCUT2D eigenvalue weighted by molar-refractivity contribution is 5.79. The van der Waals surface area contributed by atoms with Gasteiger partial charge in [-0.2, -0.15) is 0 Å². The maximum absolute atomic E-state index is 12.1. The van der Waals surface area contributed by atoms with E-state index in [1.54, 1.807) is 14.2 Å². The predicted molar refractivity (Wildman–Crippen MR) is 78.5 cm³/mol. The number of nitrogens with zero attached hydrogens (tertiary/aromatic N) is 1. The summed E-state index contributed by atoms with van der Waals surface area (Å²) in [5, 5.41) is 12.1. The van der Waals surface area contributed by atoms with Gasteiger partial charge >= 0.3 is 0 Å². The van der Waals surface area contributed by atoms with E-state index >= 15 is 0 Å². The van der Waals surface area contributed by atoms with Crippen LogP contribution in [0.1, 0.15) is 11.1 Å². The van der Waals surface area contributed by atoms with Gasteiger partial charge in [0.1, 0.15) is 11.5 Å². The fourth-order valence-electron chi connectivity index (χ4n) is 1.98. The van der Waals surface area contributed by atoms with Crippen LogP contribution in [0.3, 0.4) is 0 Å². The molecule has 0 aliphatic heterocycles. The van der Waals surface area contributed by atoms with Gasteiger partial charge in [-0.25, -0.2) is 4.74 Å². The SMILES string of the molecule is COc1ccccc1/C=[N+](\[O-])Cc1ccccc1OC. The van der Waals surface area contributed by atoms with Crippen LogP contribution in [0.4, 0.5) is 0 Å². The Labute approximate surface area is 118 Å². The summed E-state index contributed by atoms with van der Waals surface area (Å²) in [4.78, 5) is 0. The number of ether oxygens (including phenoxy) is 2. The van der Waals surface area contributed by atoms with Gasteiger partial charge in [0, 0.05) is 0 Å². The third kappa shape index (κ3) is 3.29. The summed E-state index contributed by atoms with van der Waals surface area (Å²) in [6.45, 7) is 0.224. The average Bonchev–Trinajstić information content (AvgIpc) is 2.48. The van der Waals surface area contributed by atoms with Crippen LogP contribution >= 0.6 is 0 Å². The van der Waals surface area contributed by atoms with Crippen molar-refractivity contribution in [2.75, 3.05) is 14.2 Å². The molecule has 0 atom stereocenters. The van der Waals surface area contributed by atoms with Crippen molar-refractivity contribution in [2.24, 2.45) is 0 Å². The lowest BCUT2D eigenvalue weighted by Gasteiger charge is -2.09. The van der Waals surface area contributed by atoms with E-state index in [1.807, 2.05) is 48.5 Å². The van der Waals surface area contributed by atoms with Crippen LogP contribution in [0.15, 0.2) is 48.5 Å². The Morgan fingerprint density at radius 1 is 0.950 bits per heavy atom. The first-order valence-electron chi connectivity index (χ1n) is 6.28. The fourth-order valence-corrected chi connectivity index (χ4v) is 1.98. The van der Waals surface area contributed by atoms with E-state index in [1.165, 1.54) is 6.21 Å². The lowest BCUT2D eigenvalue weighted by molar-refractivity contribution is -0.469. The molecule has 0 aliphatic rings. The molecule has 0 radical (unpaired) electrons. The molecular weight excluding hydrogens is 254 g/mol. The molecule has 0 spiro atoms. The second-order valence-corrected chi connectivity index (χ2v) is 4.26. The smallest absolute Gasteiger partial charge is 0.185 e. The van der Waals surface area contributed by atoms with Gasteiger partial charge in [-0.3, -0.25) is 0 Å². The van der Waals surface area contributed by atoms with Crippen LogP contribution in [-0.2, 0) is 6.54 Å². The summed E-state index contributed by atoms with van der Waals surface area (Å²) in [7, 11) is 3.18. The third-order valence-electron chi connectivity index (χ3n) is 2.94. The van der Waals surface area contributed by atoms with E-state index in [9.17, 15) is 5.21 Å². The molecule has 2 aromatic rings. The first-order valence-corrected chi connectivity index (χ1v) is 6.28. The minimum atomic E-state index is 0.224. The van der Waals surface area contributed by atoms with Crippen LogP contribution in [0.5, 0.6) is 11.5 Å². The fraction of sp³-hybridized carbons (Fsp3) is 0.188. The molecule has 0 saturated heterocycles. The van der Waals surface area contributed by atoms with Gasteiger partial charge in [0.25, 0.3) is 0 Å². The zero-order chi connectivity index (χ0) is 14.4. The van der Waals surface area contributed by atoms with E-state index in [0.717, 1.165) is 15.9 Å². The van der Waals surface area contributed by atoms with Gasteiger partial charge in [-0.1, -0.05) is 24.3 Å². The van der Waals surface area contributed by atoms with Gasteiger partial charge in [-0.15, -0.1) is 0 Å². The number of benzene rings is 2. The summed E-state index contributed by atoms with van der Waals surface area (Å²) in [6.07, 6.45) is 1.52. The molecule has 0 aromatic heterocycles. The molecule has 0 unspecified atom stereocenters. The van der Waals surface area contributed by atoms with Crippen molar-refractivity contribution in [1.82, 2.24) is 0 Å². The van der Waals surface area contributed by atoms with E-state index in [2.05, 4.69) is 0 Å². The third-order valence-corrected chi connectivity index (χ3v) is 2.94. The van der Waals surface area contributed by atoms with Crippen LogP contribution in [0, 0.1) is 5.21 Å². The molecule has 4 nitrogen and oxygen atoms in total. The highest BCUT2D eigenvalue weighted by Crippen LogP contribution is 2.19. The number of hydroxylamine groups is 1. The molecule has 20 heavy (non-hydrogen) atoms. The maximum atomic E-state index is 12.1. The topological polar surface area (TPSA) is 44.5 Å². The zero-order valence-corrected chi connectivity index (χ0v) is 11.6. The number of para-hydroxylation sites is 2. The second kappa shape index (κ2) is 6.61. The van der Waals surface area contributed by atoms with Gasteiger partial charge in [-0.05, 0) is 24.3 Å². The molecular formula is C16H17NO3. The standard InChI is InChI=1S/C16H17NO3/c1-19-15-9-5-3-7-13(15)11-17(18)12-14-8-4-6-10-16(14)20-2/h3-11H,12H2,1-2H3/b17-11-. The highest BCUT2D eigenvalue weighted by atomic mass is 16.5. The maximum Gasteiger partial charge on any atom is 0.185 e. The first-order chi connectivity index (χ1) is 9.74. The van der Waals surface area contributed by atoms with E-state index in [-0.39, 0.29) is 6.54 Å². The Balaban J connectivity index is 2.23. The number of hydrogen-bond donors (Lipinski definition) is 0. The molecule has 0 aliphatic carbocycles. The molecule has 2 rings (SSSR count). The number of hydrogen-bond acceptors (Lipinski definition) is 3. The minimum Gasteiger partial charge on any atom is -0.624 e. The summed E-state index contributed by atoms with van der Waals surface area (Å²) in [5.41, 5.74) is 1.59. The first kappa shape index (κ1) is 13.9. The second-order valence-electron chi connectivity index (χ2n) is 4.26. The van der Waals surface area contributed by atoms with Crippen LogP contribution < -0.4 is 9.47 Å². The quantitative estimate of drug-likeness (QED) is 0.363. The largest absolute Gasteiger partial charge is 0.624 e. The predicted octanol–water partition coefficient (Wildman–Crippen LogP) is 2.83. The molecule has 0 N–H and O–H groups in total. The Morgan fingerprint density at radius 2 is 1.55 bits per heavy atom. The number of methoxy groups -OCH3 is 2. The lowest BCUT2D eigenvalue weighted by Crippen LogP contribution is -2.07. The molecule has 104 valence electrons. The summed E-state index contributed by atoms with van der Waals surface area (Å²) in [6, 6.07) is 14.9. The zero-order valence-electron chi connectivity index (χ0n) is 11.6. The molecule has 0 saturated carbocycles. The summed E-state index contributed by atoms with van der Waals surface area (Å²) < 4.78 is 11.3. The van der Waals surface area contributed by atoms with Crippen LogP contribution in [0.25, 0.3) is 0 Å². The average molecular weight is 271 g/mol. The number of rotatable bonds is 5. The summed E-state index contributed by atoms with van der Waals surface area (Å²) in [5.74, 6) is 1.38. The lowest BCUT2D eigenvalue weighted by atomic mass is 10.2. The van der Waals surface area contributed by atoms with Crippen molar-refractivity contribution in [3.63, 3.8) is 0 Å². The van der Waals surface area contributed by atoms with E-state index in [4.69, 9.17) is 9.47 Å². The molecule has 4 heteroatoms. The van der Waals surface area contributed by atoms with Gasteiger partial charge in [0.2, 0.25) is 0 Å². The molecule has 2 aromatic carbocycles. The molecule has 0 amide bonds. The normalized spacial score (nSPS) is 11.2.